The molecular formula is C11H15BrF3N3O. The summed E-state index contributed by atoms with van der Waals surface area (Å²) in [6.45, 7) is -1.24. The number of hydrogen-bond acceptors (Lipinski definition) is 4. The molecule has 4 nitrogen and oxygen atoms in total. The summed E-state index contributed by atoms with van der Waals surface area (Å²) < 4.78 is 41.0. The number of halogens is 4. The van der Waals surface area contributed by atoms with Gasteiger partial charge in [0.1, 0.15) is 6.61 Å². The van der Waals surface area contributed by atoms with E-state index in [1.54, 1.807) is 12.4 Å². The number of nitrogens with two attached hydrogens (primary N) is 1. The van der Waals surface area contributed by atoms with Crippen molar-refractivity contribution in [2.45, 2.75) is 25.1 Å². The second-order valence-electron chi connectivity index (χ2n) is 4.04. The van der Waals surface area contributed by atoms with Crippen molar-refractivity contribution in [3.63, 3.8) is 0 Å². The van der Waals surface area contributed by atoms with Gasteiger partial charge in [0.15, 0.2) is 0 Å². The lowest BCUT2D eigenvalue weighted by atomic mass is 10.1. The molecule has 1 unspecified atom stereocenters. The summed E-state index contributed by atoms with van der Waals surface area (Å²) in [5.41, 5.74) is 3.50. The van der Waals surface area contributed by atoms with Crippen LogP contribution in [-0.2, 0) is 11.2 Å². The highest BCUT2D eigenvalue weighted by Gasteiger charge is 2.27. The first kappa shape index (κ1) is 16.4. The molecule has 0 saturated carbocycles. The van der Waals surface area contributed by atoms with Gasteiger partial charge < -0.3 is 4.74 Å². The fourth-order valence-corrected chi connectivity index (χ4v) is 1.92. The van der Waals surface area contributed by atoms with Gasteiger partial charge in [-0.2, -0.15) is 13.2 Å². The van der Waals surface area contributed by atoms with Gasteiger partial charge in [0.05, 0.1) is 0 Å². The predicted octanol–water partition coefficient (Wildman–Crippen LogP) is 2.19. The number of pyridine rings is 1. The summed E-state index contributed by atoms with van der Waals surface area (Å²) in [5, 5.41) is 0. The van der Waals surface area contributed by atoms with Gasteiger partial charge in [0.2, 0.25) is 0 Å². The van der Waals surface area contributed by atoms with Crippen LogP contribution in [0.25, 0.3) is 0 Å². The Balaban J connectivity index is 2.34. The lowest BCUT2D eigenvalue weighted by Gasteiger charge is -2.16. The maximum atomic E-state index is 11.9. The van der Waals surface area contributed by atoms with Gasteiger partial charge in [0, 0.05) is 29.5 Å². The highest BCUT2D eigenvalue weighted by Crippen LogP contribution is 2.15. The average Bonchev–Trinajstić information content (AvgIpc) is 2.32. The Hall–Kier alpha value is -0.700. The van der Waals surface area contributed by atoms with Gasteiger partial charge in [0.25, 0.3) is 0 Å². The lowest BCUT2D eigenvalue weighted by Crippen LogP contribution is -2.38. The van der Waals surface area contributed by atoms with Crippen molar-refractivity contribution in [2.75, 3.05) is 13.2 Å². The molecule has 1 aromatic heterocycles. The van der Waals surface area contributed by atoms with Gasteiger partial charge >= 0.3 is 6.18 Å². The third kappa shape index (κ3) is 7.46. The first-order valence-electron chi connectivity index (χ1n) is 5.61. The molecule has 0 aliphatic carbocycles. The molecule has 1 heterocycles. The smallest absolute Gasteiger partial charge is 0.372 e. The van der Waals surface area contributed by atoms with Crippen molar-refractivity contribution < 1.29 is 17.9 Å². The Labute approximate surface area is 117 Å². The summed E-state index contributed by atoms with van der Waals surface area (Å²) in [7, 11) is 0. The van der Waals surface area contributed by atoms with Gasteiger partial charge in [-0.15, -0.1) is 0 Å². The molecule has 0 amide bonds. The SMILES string of the molecule is NNC(CCOCC(F)(F)F)Cc1cncc(Br)c1. The number of ether oxygens (including phenoxy) is 1. The van der Waals surface area contributed by atoms with E-state index >= 15 is 0 Å². The highest BCUT2D eigenvalue weighted by molar-refractivity contribution is 9.10. The van der Waals surface area contributed by atoms with Crippen LogP contribution in [0.15, 0.2) is 22.9 Å². The first-order chi connectivity index (χ1) is 8.90. The van der Waals surface area contributed by atoms with E-state index in [1.165, 1.54) is 0 Å². The molecular weight excluding hydrogens is 327 g/mol. The van der Waals surface area contributed by atoms with E-state index in [-0.39, 0.29) is 12.6 Å². The molecule has 0 aromatic carbocycles. The molecule has 19 heavy (non-hydrogen) atoms. The molecule has 1 aromatic rings. The van der Waals surface area contributed by atoms with Crippen molar-refractivity contribution in [1.82, 2.24) is 10.4 Å². The minimum atomic E-state index is -4.29. The fourth-order valence-electron chi connectivity index (χ4n) is 1.51. The molecule has 0 aliphatic rings. The number of nitrogens with zero attached hydrogens (tertiary/aromatic N) is 1. The maximum Gasteiger partial charge on any atom is 0.411 e. The molecule has 0 spiro atoms. The Kier molecular flexibility index (Phi) is 6.70. The number of hydrazine groups is 1. The molecule has 3 N–H and O–H groups in total. The second kappa shape index (κ2) is 7.78. The lowest BCUT2D eigenvalue weighted by molar-refractivity contribution is -0.174. The third-order valence-corrected chi connectivity index (χ3v) is 2.79. The number of aromatic nitrogens is 1. The monoisotopic (exact) mass is 341 g/mol. The average molecular weight is 342 g/mol. The summed E-state index contributed by atoms with van der Waals surface area (Å²) in [6.07, 6.45) is 0.00373. The van der Waals surface area contributed by atoms with E-state index in [0.29, 0.717) is 12.8 Å². The van der Waals surface area contributed by atoms with Crippen LogP contribution in [0.2, 0.25) is 0 Å². The van der Waals surface area contributed by atoms with Crippen LogP contribution in [0.3, 0.4) is 0 Å². The summed E-state index contributed by atoms with van der Waals surface area (Å²) in [5.74, 6) is 5.37. The predicted molar refractivity (Wildman–Crippen MR) is 68.2 cm³/mol. The number of alkyl halides is 3. The van der Waals surface area contributed by atoms with Crippen molar-refractivity contribution in [1.29, 1.82) is 0 Å². The Bertz CT molecular complexity index is 390. The Morgan fingerprint density at radius 3 is 2.74 bits per heavy atom. The molecule has 8 heteroatoms. The largest absolute Gasteiger partial charge is 0.411 e. The van der Waals surface area contributed by atoms with E-state index in [9.17, 15) is 13.2 Å². The second-order valence-corrected chi connectivity index (χ2v) is 4.95. The normalized spacial score (nSPS) is 13.5. The van der Waals surface area contributed by atoms with Gasteiger partial charge in [-0.25, -0.2) is 0 Å². The number of hydrogen-bond donors (Lipinski definition) is 2. The quantitative estimate of drug-likeness (QED) is 0.453. The van der Waals surface area contributed by atoms with Gasteiger partial charge in [-0.1, -0.05) is 0 Å². The van der Waals surface area contributed by atoms with Crippen LogP contribution >= 0.6 is 15.9 Å². The highest BCUT2D eigenvalue weighted by atomic mass is 79.9. The summed E-state index contributed by atoms with van der Waals surface area (Å²) >= 11 is 3.30. The molecule has 0 aliphatic heterocycles. The molecule has 0 radical (unpaired) electrons. The molecule has 1 rings (SSSR count). The van der Waals surface area contributed by atoms with Crippen molar-refractivity contribution in [2.24, 2.45) is 5.84 Å². The Morgan fingerprint density at radius 2 is 2.16 bits per heavy atom. The molecule has 108 valence electrons. The fraction of sp³-hybridized carbons (Fsp3) is 0.545. The number of nitrogens with one attached hydrogen (secondary N) is 1. The molecule has 0 bridgehead atoms. The minimum absolute atomic E-state index is 0.00416. The summed E-state index contributed by atoms with van der Waals surface area (Å²) in [6, 6.07) is 1.72. The van der Waals surface area contributed by atoms with Crippen LogP contribution in [0.1, 0.15) is 12.0 Å². The third-order valence-electron chi connectivity index (χ3n) is 2.36. The van der Waals surface area contributed by atoms with Crippen LogP contribution in [-0.4, -0.2) is 30.4 Å². The first-order valence-corrected chi connectivity index (χ1v) is 6.40. The zero-order chi connectivity index (χ0) is 14.3. The van der Waals surface area contributed by atoms with Crippen LogP contribution in [0, 0.1) is 0 Å². The standard InChI is InChI=1S/C11H15BrF3N3O/c12-9-3-8(5-17-6-9)4-10(18-16)1-2-19-7-11(13,14)15/h3,5-6,10,18H,1-2,4,7,16H2. The van der Waals surface area contributed by atoms with E-state index < -0.39 is 12.8 Å². The van der Waals surface area contributed by atoms with Gasteiger partial charge in [-0.3, -0.25) is 16.3 Å². The van der Waals surface area contributed by atoms with E-state index in [1.807, 2.05) is 6.07 Å². The van der Waals surface area contributed by atoms with Crippen LogP contribution < -0.4 is 11.3 Å². The molecule has 1 atom stereocenters. The van der Waals surface area contributed by atoms with Crippen LogP contribution in [0.4, 0.5) is 13.2 Å². The van der Waals surface area contributed by atoms with E-state index in [0.717, 1.165) is 10.0 Å². The summed E-state index contributed by atoms with van der Waals surface area (Å²) in [4.78, 5) is 4.00. The van der Waals surface area contributed by atoms with Crippen molar-refractivity contribution >= 4 is 15.9 Å². The van der Waals surface area contributed by atoms with Crippen LogP contribution in [0.5, 0.6) is 0 Å². The van der Waals surface area contributed by atoms with Crippen molar-refractivity contribution in [3.8, 4) is 0 Å². The number of rotatable bonds is 7. The molecule has 0 saturated heterocycles. The molecule has 0 fully saturated rings. The van der Waals surface area contributed by atoms with E-state index in [2.05, 4.69) is 31.1 Å². The van der Waals surface area contributed by atoms with Gasteiger partial charge in [-0.05, 0) is 40.4 Å². The van der Waals surface area contributed by atoms with Crippen molar-refractivity contribution in [3.05, 3.63) is 28.5 Å². The topological polar surface area (TPSA) is 60.2 Å². The maximum absolute atomic E-state index is 11.9. The zero-order valence-electron chi connectivity index (χ0n) is 10.1. The zero-order valence-corrected chi connectivity index (χ0v) is 11.7. The van der Waals surface area contributed by atoms with E-state index in [4.69, 9.17) is 5.84 Å². The minimum Gasteiger partial charge on any atom is -0.372 e. The Morgan fingerprint density at radius 1 is 1.42 bits per heavy atom.